The number of carbonyl (C=O) groups is 1. The van der Waals surface area contributed by atoms with E-state index in [9.17, 15) is 4.79 Å². The Morgan fingerprint density at radius 3 is 2.46 bits per heavy atom. The molecular formula is C23H23ClO4. The summed E-state index contributed by atoms with van der Waals surface area (Å²) in [5, 5.41) is 0.637. The van der Waals surface area contributed by atoms with Crippen molar-refractivity contribution >= 4 is 17.6 Å². The van der Waals surface area contributed by atoms with Crippen molar-refractivity contribution in [3.8, 4) is 0 Å². The van der Waals surface area contributed by atoms with Crippen LogP contribution in [0.3, 0.4) is 0 Å². The Kier molecular flexibility index (Phi) is 5.17. The second kappa shape index (κ2) is 7.61. The monoisotopic (exact) mass is 398 g/mol. The number of hydrogen-bond acceptors (Lipinski definition) is 4. The van der Waals surface area contributed by atoms with Crippen LogP contribution in [-0.4, -0.2) is 17.9 Å². The third kappa shape index (κ3) is 4.08. The van der Waals surface area contributed by atoms with Gasteiger partial charge in [-0.15, -0.1) is 0 Å². The molecule has 2 heterocycles. The van der Waals surface area contributed by atoms with Crippen LogP contribution in [0.2, 0.25) is 5.02 Å². The van der Waals surface area contributed by atoms with Crippen LogP contribution in [0.25, 0.3) is 0 Å². The maximum absolute atomic E-state index is 12.7. The van der Waals surface area contributed by atoms with Crippen LogP contribution < -0.4 is 0 Å². The van der Waals surface area contributed by atoms with Crippen LogP contribution in [0.15, 0.2) is 65.9 Å². The quantitative estimate of drug-likeness (QED) is 0.650. The lowest BCUT2D eigenvalue weighted by Gasteiger charge is -2.40. The van der Waals surface area contributed by atoms with E-state index in [4.69, 9.17) is 25.8 Å². The summed E-state index contributed by atoms with van der Waals surface area (Å²) in [6.45, 7) is 3.50. The molecule has 28 heavy (non-hydrogen) atoms. The van der Waals surface area contributed by atoms with E-state index in [0.29, 0.717) is 22.8 Å². The number of benzene rings is 2. The molecule has 0 saturated carbocycles. The van der Waals surface area contributed by atoms with Crippen molar-refractivity contribution in [3.05, 3.63) is 82.1 Å². The number of hydrogen-bond donors (Lipinski definition) is 0. The van der Waals surface area contributed by atoms with Crippen LogP contribution >= 0.6 is 11.6 Å². The SMILES string of the molecule is CC1(C)OC(=O)C2=C(C[C@H](CCc3ccccc3)O[C@@H]2c2ccc(Cl)cc2)O1. The van der Waals surface area contributed by atoms with Gasteiger partial charge in [0.05, 0.1) is 6.10 Å². The minimum absolute atomic E-state index is 0.0543. The predicted octanol–water partition coefficient (Wildman–Crippen LogP) is 5.37. The molecule has 2 aromatic carbocycles. The molecule has 0 unspecified atom stereocenters. The van der Waals surface area contributed by atoms with Gasteiger partial charge in [0, 0.05) is 25.3 Å². The van der Waals surface area contributed by atoms with Crippen LogP contribution in [0.5, 0.6) is 0 Å². The van der Waals surface area contributed by atoms with Gasteiger partial charge in [-0.1, -0.05) is 54.1 Å². The molecule has 2 atom stereocenters. The van der Waals surface area contributed by atoms with Crippen LogP contribution in [0, 0.1) is 0 Å². The molecule has 0 aromatic heterocycles. The highest BCUT2D eigenvalue weighted by Gasteiger charge is 2.44. The topological polar surface area (TPSA) is 44.8 Å². The molecule has 0 saturated heterocycles. The van der Waals surface area contributed by atoms with Crippen molar-refractivity contribution in [2.45, 2.75) is 51.1 Å². The summed E-state index contributed by atoms with van der Waals surface area (Å²) < 4.78 is 17.9. The Hall–Kier alpha value is -2.30. The van der Waals surface area contributed by atoms with Crippen LogP contribution in [-0.2, 0) is 25.4 Å². The number of carbonyl (C=O) groups excluding carboxylic acids is 1. The van der Waals surface area contributed by atoms with Crippen molar-refractivity contribution in [1.29, 1.82) is 0 Å². The molecule has 2 aromatic rings. The lowest BCUT2D eigenvalue weighted by Crippen LogP contribution is -2.42. The minimum Gasteiger partial charge on any atom is -0.456 e. The molecule has 2 aliphatic heterocycles. The van der Waals surface area contributed by atoms with Gasteiger partial charge in [0.25, 0.3) is 0 Å². The van der Waals surface area contributed by atoms with Gasteiger partial charge in [-0.3, -0.25) is 0 Å². The number of cyclic esters (lactones) is 1. The molecule has 146 valence electrons. The second-order valence-corrected chi connectivity index (χ2v) is 8.08. The average molecular weight is 399 g/mol. The summed E-state index contributed by atoms with van der Waals surface area (Å²) in [6.07, 6.45) is 1.72. The summed E-state index contributed by atoms with van der Waals surface area (Å²) in [6, 6.07) is 17.7. The largest absolute Gasteiger partial charge is 0.456 e. The van der Waals surface area contributed by atoms with Crippen molar-refractivity contribution in [2.24, 2.45) is 0 Å². The summed E-state index contributed by atoms with van der Waals surface area (Å²) in [7, 11) is 0. The summed E-state index contributed by atoms with van der Waals surface area (Å²) >= 11 is 6.03. The molecule has 4 rings (SSSR count). The number of rotatable bonds is 4. The van der Waals surface area contributed by atoms with E-state index in [0.717, 1.165) is 18.4 Å². The van der Waals surface area contributed by atoms with Gasteiger partial charge in [0.15, 0.2) is 0 Å². The van der Waals surface area contributed by atoms with Crippen molar-refractivity contribution in [2.75, 3.05) is 0 Å². The Bertz CT molecular complexity index is 887. The van der Waals surface area contributed by atoms with Gasteiger partial charge in [-0.2, -0.15) is 0 Å². The van der Waals surface area contributed by atoms with E-state index in [1.54, 1.807) is 26.0 Å². The second-order valence-electron chi connectivity index (χ2n) is 7.65. The van der Waals surface area contributed by atoms with Gasteiger partial charge < -0.3 is 14.2 Å². The molecule has 4 nitrogen and oxygen atoms in total. The van der Waals surface area contributed by atoms with E-state index in [1.165, 1.54) is 5.56 Å². The van der Waals surface area contributed by atoms with E-state index in [-0.39, 0.29) is 12.1 Å². The lowest BCUT2D eigenvalue weighted by molar-refractivity contribution is -0.217. The fourth-order valence-corrected chi connectivity index (χ4v) is 3.84. The summed E-state index contributed by atoms with van der Waals surface area (Å²) in [5.74, 6) is -0.680. The maximum atomic E-state index is 12.7. The zero-order valence-corrected chi connectivity index (χ0v) is 16.7. The highest BCUT2D eigenvalue weighted by Crippen LogP contribution is 2.43. The minimum atomic E-state index is -0.970. The first kappa shape index (κ1) is 19.0. The summed E-state index contributed by atoms with van der Waals surface area (Å²) in [5.41, 5.74) is 2.58. The molecule has 0 amide bonds. The van der Waals surface area contributed by atoms with Crippen LogP contribution in [0.1, 0.15) is 43.9 Å². The first-order chi connectivity index (χ1) is 13.4. The fraction of sp³-hybridized carbons (Fsp3) is 0.348. The number of aryl methyl sites for hydroxylation is 1. The first-order valence-corrected chi connectivity index (χ1v) is 9.89. The third-order valence-corrected chi connectivity index (χ3v) is 5.25. The lowest BCUT2D eigenvalue weighted by atomic mass is 9.92. The molecule has 2 aliphatic rings. The Balaban J connectivity index is 1.62. The van der Waals surface area contributed by atoms with Gasteiger partial charge in [0.2, 0.25) is 5.79 Å². The third-order valence-electron chi connectivity index (χ3n) is 5.00. The van der Waals surface area contributed by atoms with Gasteiger partial charge >= 0.3 is 5.97 Å². The van der Waals surface area contributed by atoms with E-state index >= 15 is 0 Å². The molecule has 5 heteroatoms. The number of ether oxygens (including phenoxy) is 3. The Morgan fingerprint density at radius 1 is 1.04 bits per heavy atom. The van der Waals surface area contributed by atoms with Crippen molar-refractivity contribution in [1.82, 2.24) is 0 Å². The molecular weight excluding hydrogens is 376 g/mol. The average Bonchev–Trinajstić information content (AvgIpc) is 2.66. The molecule has 0 spiro atoms. The van der Waals surface area contributed by atoms with Crippen molar-refractivity contribution < 1.29 is 19.0 Å². The molecule has 0 aliphatic carbocycles. The number of halogens is 1. The van der Waals surface area contributed by atoms with E-state index in [2.05, 4.69) is 12.1 Å². The normalized spacial score (nSPS) is 23.6. The fourth-order valence-electron chi connectivity index (χ4n) is 3.71. The first-order valence-electron chi connectivity index (χ1n) is 9.51. The van der Waals surface area contributed by atoms with E-state index in [1.807, 2.05) is 30.3 Å². The van der Waals surface area contributed by atoms with Crippen LogP contribution in [0.4, 0.5) is 0 Å². The van der Waals surface area contributed by atoms with Gasteiger partial charge in [-0.05, 0) is 36.1 Å². The highest BCUT2D eigenvalue weighted by molar-refractivity contribution is 6.30. The molecule has 0 fully saturated rings. The molecule has 0 radical (unpaired) electrons. The standard InChI is InChI=1S/C23H23ClO4/c1-23(2)27-19-14-18(13-8-15-6-4-3-5-7-15)26-21(20(19)22(25)28-23)16-9-11-17(24)12-10-16/h3-7,9-12,18,21H,8,13-14H2,1-2H3/t18-,21+/m0/s1. The van der Waals surface area contributed by atoms with Gasteiger partial charge in [-0.25, -0.2) is 4.79 Å². The highest BCUT2D eigenvalue weighted by atomic mass is 35.5. The zero-order chi connectivity index (χ0) is 19.7. The predicted molar refractivity (Wildman–Crippen MR) is 107 cm³/mol. The Labute approximate surface area is 170 Å². The zero-order valence-electron chi connectivity index (χ0n) is 16.0. The summed E-state index contributed by atoms with van der Waals surface area (Å²) in [4.78, 5) is 12.7. The maximum Gasteiger partial charge on any atom is 0.343 e. The van der Waals surface area contributed by atoms with Gasteiger partial charge in [0.1, 0.15) is 17.4 Å². The molecule has 0 N–H and O–H groups in total. The Morgan fingerprint density at radius 2 is 1.75 bits per heavy atom. The number of esters is 1. The smallest absolute Gasteiger partial charge is 0.343 e. The van der Waals surface area contributed by atoms with Crippen molar-refractivity contribution in [3.63, 3.8) is 0 Å². The van der Waals surface area contributed by atoms with E-state index < -0.39 is 11.9 Å². The molecule has 0 bridgehead atoms.